The molecule has 0 amide bonds. The van der Waals surface area contributed by atoms with Crippen LogP contribution < -0.4 is 0 Å². The fourth-order valence-electron chi connectivity index (χ4n) is 1.81. The van der Waals surface area contributed by atoms with Crippen molar-refractivity contribution in [2.24, 2.45) is 0 Å². The zero-order valence-electron chi connectivity index (χ0n) is 7.68. The van der Waals surface area contributed by atoms with Gasteiger partial charge in [-0.25, -0.2) is 0 Å². The van der Waals surface area contributed by atoms with E-state index < -0.39 is 5.60 Å². The van der Waals surface area contributed by atoms with E-state index in [-0.39, 0.29) is 0 Å². The minimum Gasteiger partial charge on any atom is -0.385 e. The highest BCUT2D eigenvalue weighted by atomic mass is 79.9. The summed E-state index contributed by atoms with van der Waals surface area (Å²) in [6.07, 6.45) is 2.95. The Morgan fingerprint density at radius 2 is 2.00 bits per heavy atom. The van der Waals surface area contributed by atoms with E-state index in [1.165, 1.54) is 5.56 Å². The Balaban J connectivity index is 2.39. The molecule has 0 heterocycles. The summed E-state index contributed by atoms with van der Waals surface area (Å²) in [5.41, 5.74) is 1.73. The largest absolute Gasteiger partial charge is 0.385 e. The summed E-state index contributed by atoms with van der Waals surface area (Å²) in [5, 5.41) is 10.1. The summed E-state index contributed by atoms with van der Waals surface area (Å²) in [7, 11) is 0. The molecule has 1 N–H and O–H groups in total. The summed E-state index contributed by atoms with van der Waals surface area (Å²) in [6.45, 7) is 2.05. The molecule has 1 aromatic carbocycles. The Morgan fingerprint density at radius 3 is 2.46 bits per heavy atom. The molecule has 0 aromatic heterocycles. The van der Waals surface area contributed by atoms with Gasteiger partial charge in [-0.1, -0.05) is 22.0 Å². The van der Waals surface area contributed by atoms with Gasteiger partial charge in [-0.3, -0.25) is 0 Å². The molecule has 0 bridgehead atoms. The highest BCUT2D eigenvalue weighted by molar-refractivity contribution is 9.10. The first kappa shape index (κ1) is 9.22. The van der Waals surface area contributed by atoms with Gasteiger partial charge in [0.05, 0.1) is 5.60 Å². The molecule has 0 atom stereocenters. The van der Waals surface area contributed by atoms with Gasteiger partial charge in [-0.2, -0.15) is 0 Å². The van der Waals surface area contributed by atoms with E-state index >= 15 is 0 Å². The third kappa shape index (κ3) is 1.65. The van der Waals surface area contributed by atoms with Crippen molar-refractivity contribution in [3.63, 3.8) is 0 Å². The fourth-order valence-corrected chi connectivity index (χ4v) is 2.41. The number of halogens is 1. The standard InChI is InChI=1S/C11H13BrO/c1-8-5-9(7-10(12)6-8)11(13)3-2-4-11/h5-7,13H,2-4H2,1H3. The Labute approximate surface area is 86.9 Å². The van der Waals surface area contributed by atoms with Crippen LogP contribution >= 0.6 is 15.9 Å². The van der Waals surface area contributed by atoms with Crippen molar-refractivity contribution in [3.8, 4) is 0 Å². The molecule has 1 aromatic rings. The lowest BCUT2D eigenvalue weighted by Gasteiger charge is -2.37. The Bertz CT molecular complexity index is 309. The lowest BCUT2D eigenvalue weighted by atomic mass is 9.75. The number of hydrogen-bond acceptors (Lipinski definition) is 1. The molecule has 1 aliphatic rings. The minimum atomic E-state index is -0.533. The van der Waals surface area contributed by atoms with Gasteiger partial charge in [0.15, 0.2) is 0 Å². The molecular weight excluding hydrogens is 228 g/mol. The minimum absolute atomic E-state index is 0.533. The van der Waals surface area contributed by atoms with Gasteiger partial charge in [-0.15, -0.1) is 0 Å². The SMILES string of the molecule is Cc1cc(Br)cc(C2(O)CCC2)c1. The quantitative estimate of drug-likeness (QED) is 0.800. The third-order valence-electron chi connectivity index (χ3n) is 2.76. The third-order valence-corrected chi connectivity index (χ3v) is 3.22. The van der Waals surface area contributed by atoms with Crippen LogP contribution in [-0.2, 0) is 5.60 Å². The van der Waals surface area contributed by atoms with Gasteiger partial charge >= 0.3 is 0 Å². The molecule has 0 saturated heterocycles. The number of aliphatic hydroxyl groups is 1. The highest BCUT2D eigenvalue weighted by Crippen LogP contribution is 2.41. The van der Waals surface area contributed by atoms with Crippen LogP contribution in [0.3, 0.4) is 0 Å². The number of aryl methyl sites for hydroxylation is 1. The van der Waals surface area contributed by atoms with Crippen molar-refractivity contribution in [2.75, 3.05) is 0 Å². The zero-order valence-corrected chi connectivity index (χ0v) is 9.26. The van der Waals surface area contributed by atoms with E-state index in [1.807, 2.05) is 6.07 Å². The van der Waals surface area contributed by atoms with Crippen LogP contribution in [0.1, 0.15) is 30.4 Å². The fraction of sp³-hybridized carbons (Fsp3) is 0.455. The van der Waals surface area contributed by atoms with Crippen LogP contribution in [0.2, 0.25) is 0 Å². The highest BCUT2D eigenvalue weighted by Gasteiger charge is 2.36. The summed E-state index contributed by atoms with van der Waals surface area (Å²) in [5.74, 6) is 0. The second-order valence-corrected chi connectivity index (χ2v) is 4.82. The second kappa shape index (κ2) is 3.10. The second-order valence-electron chi connectivity index (χ2n) is 3.90. The molecule has 1 aliphatic carbocycles. The maximum absolute atomic E-state index is 10.1. The maximum Gasteiger partial charge on any atom is 0.0897 e. The van der Waals surface area contributed by atoms with E-state index in [1.54, 1.807) is 0 Å². The van der Waals surface area contributed by atoms with Crippen molar-refractivity contribution < 1.29 is 5.11 Å². The molecule has 1 nitrogen and oxygen atoms in total. The first-order chi connectivity index (χ1) is 6.10. The van der Waals surface area contributed by atoms with Crippen molar-refractivity contribution in [2.45, 2.75) is 31.8 Å². The topological polar surface area (TPSA) is 20.2 Å². The maximum atomic E-state index is 10.1. The number of rotatable bonds is 1. The van der Waals surface area contributed by atoms with Crippen LogP contribution in [0.15, 0.2) is 22.7 Å². The first-order valence-electron chi connectivity index (χ1n) is 4.60. The molecule has 1 fully saturated rings. The predicted molar refractivity (Wildman–Crippen MR) is 56.6 cm³/mol. The van der Waals surface area contributed by atoms with Gasteiger partial charge in [0.25, 0.3) is 0 Å². The van der Waals surface area contributed by atoms with Crippen LogP contribution in [0.4, 0.5) is 0 Å². The molecule has 0 spiro atoms. The lowest BCUT2D eigenvalue weighted by molar-refractivity contribution is -0.0388. The van der Waals surface area contributed by atoms with E-state index in [0.29, 0.717) is 0 Å². The normalized spacial score (nSPS) is 19.6. The smallest absolute Gasteiger partial charge is 0.0897 e. The predicted octanol–water partition coefficient (Wildman–Crippen LogP) is 3.13. The molecule has 0 radical (unpaired) electrons. The summed E-state index contributed by atoms with van der Waals surface area (Å²) in [6, 6.07) is 6.15. The average Bonchev–Trinajstić information content (AvgIpc) is 1.98. The van der Waals surface area contributed by atoms with Crippen molar-refractivity contribution in [1.29, 1.82) is 0 Å². The Kier molecular flexibility index (Phi) is 2.20. The van der Waals surface area contributed by atoms with Gasteiger partial charge in [-0.05, 0) is 49.4 Å². The summed E-state index contributed by atoms with van der Waals surface area (Å²) in [4.78, 5) is 0. The van der Waals surface area contributed by atoms with E-state index in [4.69, 9.17) is 0 Å². The van der Waals surface area contributed by atoms with Crippen LogP contribution in [0.5, 0.6) is 0 Å². The molecule has 0 unspecified atom stereocenters. The lowest BCUT2D eigenvalue weighted by Crippen LogP contribution is -2.33. The van der Waals surface area contributed by atoms with Gasteiger partial charge in [0, 0.05) is 4.47 Å². The monoisotopic (exact) mass is 240 g/mol. The van der Waals surface area contributed by atoms with E-state index in [0.717, 1.165) is 29.3 Å². The molecular formula is C11H13BrO. The van der Waals surface area contributed by atoms with E-state index in [2.05, 4.69) is 35.0 Å². The van der Waals surface area contributed by atoms with Gasteiger partial charge in [0.1, 0.15) is 0 Å². The molecule has 1 saturated carbocycles. The van der Waals surface area contributed by atoms with Crippen molar-refractivity contribution in [1.82, 2.24) is 0 Å². The summed E-state index contributed by atoms with van der Waals surface area (Å²) < 4.78 is 1.06. The average molecular weight is 241 g/mol. The van der Waals surface area contributed by atoms with Crippen molar-refractivity contribution >= 4 is 15.9 Å². The molecule has 70 valence electrons. The number of benzene rings is 1. The van der Waals surface area contributed by atoms with Crippen LogP contribution in [0.25, 0.3) is 0 Å². The molecule has 0 aliphatic heterocycles. The van der Waals surface area contributed by atoms with Crippen LogP contribution in [-0.4, -0.2) is 5.11 Å². The molecule has 2 rings (SSSR count). The van der Waals surface area contributed by atoms with Gasteiger partial charge < -0.3 is 5.11 Å². The van der Waals surface area contributed by atoms with Crippen LogP contribution in [0, 0.1) is 6.92 Å². The van der Waals surface area contributed by atoms with Gasteiger partial charge in [0.2, 0.25) is 0 Å². The molecule has 13 heavy (non-hydrogen) atoms. The van der Waals surface area contributed by atoms with E-state index in [9.17, 15) is 5.11 Å². The number of hydrogen-bond donors (Lipinski definition) is 1. The summed E-state index contributed by atoms with van der Waals surface area (Å²) >= 11 is 3.45. The zero-order chi connectivity index (χ0) is 9.47. The first-order valence-corrected chi connectivity index (χ1v) is 5.39. The Hall–Kier alpha value is -0.340. The van der Waals surface area contributed by atoms with Crippen molar-refractivity contribution in [3.05, 3.63) is 33.8 Å². The Morgan fingerprint density at radius 1 is 1.31 bits per heavy atom. The molecule has 2 heteroatoms.